The molecule has 0 fully saturated rings. The summed E-state index contributed by atoms with van der Waals surface area (Å²) in [6.07, 6.45) is 8.40. The molecule has 3 aliphatic heterocycles. The van der Waals surface area contributed by atoms with Gasteiger partial charge >= 0.3 is 0 Å². The number of amides is 1. The number of allylic oxidation sites excluding steroid dienone is 2. The van der Waals surface area contributed by atoms with Gasteiger partial charge in [0.15, 0.2) is 0 Å². The zero-order valence-electron chi connectivity index (χ0n) is 18.1. The molecule has 0 saturated carbocycles. The first-order chi connectivity index (χ1) is 15.4. The largest absolute Gasteiger partial charge is 0.490 e. The summed E-state index contributed by atoms with van der Waals surface area (Å²) in [5.74, 6) is 0.374. The van der Waals surface area contributed by atoms with Crippen LogP contribution in [0, 0.1) is 0 Å². The second-order valence-electron chi connectivity index (χ2n) is 8.02. The maximum Gasteiger partial charge on any atom is 0.274 e. The first-order valence-corrected chi connectivity index (χ1v) is 10.6. The Hall–Kier alpha value is -3.27. The summed E-state index contributed by atoms with van der Waals surface area (Å²) in [4.78, 5) is 13.0. The van der Waals surface area contributed by atoms with Crippen molar-refractivity contribution in [1.82, 2.24) is 26.4 Å². The third-order valence-electron chi connectivity index (χ3n) is 5.34. The third kappa shape index (κ3) is 4.80. The lowest BCUT2D eigenvalue weighted by atomic mass is 10.0. The summed E-state index contributed by atoms with van der Waals surface area (Å²) >= 11 is 0. The first kappa shape index (κ1) is 21.9. The van der Waals surface area contributed by atoms with Crippen molar-refractivity contribution in [2.75, 3.05) is 13.2 Å². The zero-order valence-corrected chi connectivity index (χ0v) is 18.1. The third-order valence-corrected chi connectivity index (χ3v) is 5.34. The van der Waals surface area contributed by atoms with Gasteiger partial charge in [-0.25, -0.2) is 5.43 Å². The van der Waals surface area contributed by atoms with Crippen molar-refractivity contribution in [2.24, 2.45) is 0 Å². The molecule has 9 heteroatoms. The van der Waals surface area contributed by atoms with Gasteiger partial charge in [0, 0.05) is 29.2 Å². The highest BCUT2D eigenvalue weighted by molar-refractivity contribution is 5.94. The van der Waals surface area contributed by atoms with Crippen molar-refractivity contribution in [3.63, 3.8) is 0 Å². The average molecular weight is 440 g/mol. The molecular weight excluding hydrogens is 410 g/mol. The normalized spacial score (nSPS) is 24.9. The van der Waals surface area contributed by atoms with E-state index in [1.165, 1.54) is 0 Å². The highest BCUT2D eigenvalue weighted by Crippen LogP contribution is 2.31. The van der Waals surface area contributed by atoms with Crippen LogP contribution in [0.3, 0.4) is 0 Å². The summed E-state index contributed by atoms with van der Waals surface area (Å²) in [5, 5.41) is 29.9. The van der Waals surface area contributed by atoms with Crippen LogP contribution >= 0.6 is 0 Å². The Morgan fingerprint density at radius 1 is 1.31 bits per heavy atom. The topological polar surface area (TPSA) is 118 Å². The predicted molar refractivity (Wildman–Crippen MR) is 119 cm³/mol. The minimum Gasteiger partial charge on any atom is -0.490 e. The summed E-state index contributed by atoms with van der Waals surface area (Å²) in [5.41, 5.74) is 6.45. The van der Waals surface area contributed by atoms with Crippen LogP contribution in [0.25, 0.3) is 0 Å². The summed E-state index contributed by atoms with van der Waals surface area (Å²) in [6.45, 7) is 3.60. The molecular formula is C23H29N5O4. The Labute approximate surface area is 187 Å². The minimum absolute atomic E-state index is 0.0132. The Kier molecular flexibility index (Phi) is 6.50. The van der Waals surface area contributed by atoms with Gasteiger partial charge in [0.2, 0.25) is 0 Å². The molecule has 32 heavy (non-hydrogen) atoms. The predicted octanol–water partition coefficient (Wildman–Crippen LogP) is 0.502. The van der Waals surface area contributed by atoms with Crippen molar-refractivity contribution >= 4 is 5.91 Å². The summed E-state index contributed by atoms with van der Waals surface area (Å²) in [6, 6.07) is 7.37. The maximum absolute atomic E-state index is 13.0. The fourth-order valence-corrected chi connectivity index (χ4v) is 3.88. The number of para-hydroxylation sites is 1. The van der Waals surface area contributed by atoms with Crippen LogP contribution in [0.5, 0.6) is 5.75 Å². The Bertz CT molecular complexity index is 986. The van der Waals surface area contributed by atoms with Crippen molar-refractivity contribution < 1.29 is 19.7 Å². The molecule has 0 aliphatic carbocycles. The molecule has 4 rings (SSSR count). The molecule has 3 aliphatic rings. The summed E-state index contributed by atoms with van der Waals surface area (Å²) in [7, 11) is 0. The molecule has 3 unspecified atom stereocenters. The number of hydrazine groups is 1. The van der Waals surface area contributed by atoms with Gasteiger partial charge < -0.3 is 30.9 Å². The van der Waals surface area contributed by atoms with Gasteiger partial charge in [-0.2, -0.15) is 0 Å². The van der Waals surface area contributed by atoms with E-state index >= 15 is 0 Å². The fraction of sp³-hybridized carbons (Fsp3) is 0.348. The van der Waals surface area contributed by atoms with E-state index in [4.69, 9.17) is 9.84 Å². The molecule has 0 spiro atoms. The number of dihydropyridines is 1. The monoisotopic (exact) mass is 439 g/mol. The number of hydrogen-bond donors (Lipinski definition) is 6. The number of carbonyl (C=O) groups is 1. The number of nitrogens with zero attached hydrogens (tertiary/aromatic N) is 1. The lowest BCUT2D eigenvalue weighted by Crippen LogP contribution is -2.51. The van der Waals surface area contributed by atoms with E-state index in [2.05, 4.69) is 21.4 Å². The van der Waals surface area contributed by atoms with Crippen molar-refractivity contribution in [3.05, 3.63) is 77.4 Å². The van der Waals surface area contributed by atoms with Crippen molar-refractivity contribution in [2.45, 2.75) is 38.2 Å². The number of benzene rings is 1. The number of aliphatic hydroxyl groups is 2. The number of hydrogen-bond acceptors (Lipinski definition) is 8. The van der Waals surface area contributed by atoms with E-state index < -0.39 is 6.10 Å². The zero-order chi connectivity index (χ0) is 22.7. The van der Waals surface area contributed by atoms with Gasteiger partial charge in [0.05, 0.1) is 12.6 Å². The average Bonchev–Trinajstić information content (AvgIpc) is 3.20. The molecule has 0 radical (unpaired) electrons. The minimum atomic E-state index is -0.951. The Morgan fingerprint density at radius 3 is 2.91 bits per heavy atom. The number of ether oxygens (including phenoxy) is 1. The SMILES string of the molecule is CC1=CC(NC(=O)C2=CNC3C=CC(c4ccccc4OC[C@H](O)CO)NN23)=CC(C)N1. The smallest absolute Gasteiger partial charge is 0.274 e. The van der Waals surface area contributed by atoms with Gasteiger partial charge in [0.25, 0.3) is 5.91 Å². The first-order valence-electron chi connectivity index (χ1n) is 10.6. The number of nitrogens with one attached hydrogen (secondary N) is 4. The van der Waals surface area contributed by atoms with Gasteiger partial charge in [0.1, 0.15) is 30.3 Å². The number of aliphatic hydroxyl groups excluding tert-OH is 2. The van der Waals surface area contributed by atoms with Crippen molar-refractivity contribution in [1.29, 1.82) is 0 Å². The quantitative estimate of drug-likeness (QED) is 0.340. The molecule has 4 atom stereocenters. The van der Waals surface area contributed by atoms with Crippen molar-refractivity contribution in [3.8, 4) is 5.75 Å². The van der Waals surface area contributed by atoms with Crippen LogP contribution in [0.2, 0.25) is 0 Å². The molecule has 3 heterocycles. The molecule has 0 bridgehead atoms. The lowest BCUT2D eigenvalue weighted by molar-refractivity contribution is -0.118. The Balaban J connectivity index is 1.47. The molecule has 1 aromatic rings. The van der Waals surface area contributed by atoms with Gasteiger partial charge in [-0.05, 0) is 38.1 Å². The van der Waals surface area contributed by atoms with Crippen LogP contribution in [-0.4, -0.2) is 52.7 Å². The van der Waals surface area contributed by atoms with E-state index in [0.29, 0.717) is 11.4 Å². The number of carbonyl (C=O) groups excluding carboxylic acids is 1. The Morgan fingerprint density at radius 2 is 2.12 bits per heavy atom. The molecule has 1 amide bonds. The van der Waals surface area contributed by atoms with Crippen LogP contribution in [0.1, 0.15) is 25.5 Å². The van der Waals surface area contributed by atoms with E-state index in [9.17, 15) is 9.90 Å². The van der Waals surface area contributed by atoms with Gasteiger partial charge in [-0.3, -0.25) is 9.80 Å². The number of rotatable bonds is 7. The molecule has 9 nitrogen and oxygen atoms in total. The van der Waals surface area contributed by atoms with E-state index in [0.717, 1.165) is 17.0 Å². The van der Waals surface area contributed by atoms with Crippen LogP contribution in [0.4, 0.5) is 0 Å². The standard InChI is InChI=1S/C23H29N5O4/c1-14-9-16(10-15(2)25-14)26-23(31)20-11-24-22-8-7-19(27-28(20)22)18-5-3-4-6-21(18)32-13-17(30)12-29/h3-11,14,17,19,22,24-25,27,29-30H,12-13H2,1-2H3,(H,26,31)/t14?,17-,19?,22?/m1/s1. The molecule has 6 N–H and O–H groups in total. The summed E-state index contributed by atoms with van der Waals surface area (Å²) < 4.78 is 5.72. The molecule has 1 aromatic carbocycles. The molecule has 0 saturated heterocycles. The molecule has 170 valence electrons. The van der Waals surface area contributed by atoms with Crippen LogP contribution < -0.4 is 26.1 Å². The number of fused-ring (bicyclic) bond motifs is 1. The fourth-order valence-electron chi connectivity index (χ4n) is 3.88. The maximum atomic E-state index is 13.0. The van der Waals surface area contributed by atoms with Crippen LogP contribution in [0.15, 0.2) is 71.9 Å². The molecule has 0 aromatic heterocycles. The second-order valence-corrected chi connectivity index (χ2v) is 8.02. The van der Waals surface area contributed by atoms with Crippen LogP contribution in [-0.2, 0) is 4.79 Å². The second kappa shape index (κ2) is 9.47. The lowest BCUT2D eigenvalue weighted by Gasteiger charge is -2.35. The highest BCUT2D eigenvalue weighted by atomic mass is 16.5. The van der Waals surface area contributed by atoms with E-state index in [1.807, 2.05) is 62.4 Å². The highest BCUT2D eigenvalue weighted by Gasteiger charge is 2.34. The van der Waals surface area contributed by atoms with Gasteiger partial charge in [-0.1, -0.05) is 24.3 Å². The van der Waals surface area contributed by atoms with E-state index in [-0.39, 0.29) is 37.4 Å². The van der Waals surface area contributed by atoms with Gasteiger partial charge in [-0.15, -0.1) is 0 Å². The van der Waals surface area contributed by atoms with E-state index in [1.54, 1.807) is 11.2 Å².